The molecule has 0 bridgehead atoms. The molecule has 4 heteroatoms. The van der Waals surface area contributed by atoms with Gasteiger partial charge in [-0.05, 0) is 90.8 Å². The van der Waals surface area contributed by atoms with Crippen molar-refractivity contribution in [1.29, 1.82) is 0 Å². The summed E-state index contributed by atoms with van der Waals surface area (Å²) in [6, 6.07) is 60.1. The lowest BCUT2D eigenvalue weighted by Gasteiger charge is -2.46. The maximum atomic E-state index is 7.04. The minimum Gasteiger partial charge on any atom is -0.453 e. The highest BCUT2D eigenvalue weighted by Gasteiger charge is 2.43. The summed E-state index contributed by atoms with van der Waals surface area (Å²) in [6.45, 7) is 6.90. The molecule has 9 rings (SSSR count). The number of para-hydroxylation sites is 5. The first-order valence-electron chi connectivity index (χ1n) is 17.2. The van der Waals surface area contributed by atoms with Gasteiger partial charge in [0.05, 0.1) is 28.4 Å². The predicted molar refractivity (Wildman–Crippen MR) is 207 cm³/mol. The van der Waals surface area contributed by atoms with Crippen LogP contribution in [0.25, 0.3) is 0 Å². The Bertz CT molecular complexity index is 2260. The van der Waals surface area contributed by atoms with Crippen LogP contribution in [0.15, 0.2) is 170 Å². The number of anilines is 9. The third kappa shape index (κ3) is 4.67. The molecule has 7 aromatic carbocycles. The zero-order valence-electron chi connectivity index (χ0n) is 28.4. The van der Waals surface area contributed by atoms with Crippen molar-refractivity contribution in [3.8, 4) is 11.5 Å². The van der Waals surface area contributed by atoms with Crippen molar-refractivity contribution in [1.82, 2.24) is 0 Å². The van der Waals surface area contributed by atoms with Crippen molar-refractivity contribution >= 4 is 51.2 Å². The van der Waals surface area contributed by atoms with Gasteiger partial charge in [0.1, 0.15) is 0 Å². The highest BCUT2D eigenvalue weighted by molar-refractivity contribution is 5.98. The maximum absolute atomic E-state index is 7.04. The Kier molecular flexibility index (Phi) is 6.99. The molecule has 2 aliphatic heterocycles. The van der Waals surface area contributed by atoms with E-state index in [1.54, 1.807) is 0 Å². The van der Waals surface area contributed by atoms with E-state index < -0.39 is 0 Å². The molecule has 0 radical (unpaired) electrons. The van der Waals surface area contributed by atoms with Gasteiger partial charge in [-0.25, -0.2) is 0 Å². The number of hydrogen-bond donors (Lipinski definition) is 0. The molecule has 2 aliphatic rings. The molecule has 0 N–H and O–H groups in total. The second kappa shape index (κ2) is 11.7. The van der Waals surface area contributed by atoms with E-state index in [0.29, 0.717) is 0 Å². The number of hydrogen-bond acceptors (Lipinski definition) is 4. The molecule has 0 saturated heterocycles. The molecule has 50 heavy (non-hydrogen) atoms. The summed E-state index contributed by atoms with van der Waals surface area (Å²) < 4.78 is 7.04. The Balaban J connectivity index is 1.29. The van der Waals surface area contributed by atoms with E-state index in [2.05, 4.69) is 205 Å². The Morgan fingerprint density at radius 2 is 0.960 bits per heavy atom. The topological polar surface area (TPSA) is 19.0 Å². The number of fused-ring (bicyclic) bond motifs is 4. The van der Waals surface area contributed by atoms with Crippen molar-refractivity contribution < 1.29 is 4.74 Å². The van der Waals surface area contributed by atoms with Gasteiger partial charge < -0.3 is 19.4 Å². The molecule has 4 nitrogen and oxygen atoms in total. The number of ether oxygens (including phenoxy) is 1. The first-order valence-corrected chi connectivity index (χ1v) is 17.2. The quantitative estimate of drug-likeness (QED) is 0.179. The Morgan fingerprint density at radius 1 is 0.460 bits per heavy atom. The van der Waals surface area contributed by atoms with E-state index in [0.717, 1.165) is 62.6 Å². The second-order valence-electron chi connectivity index (χ2n) is 13.5. The van der Waals surface area contributed by atoms with Crippen molar-refractivity contribution in [2.45, 2.75) is 26.2 Å². The molecule has 242 valence electrons. The average molecular weight is 648 g/mol. The number of rotatable bonds is 6. The molecule has 0 aliphatic carbocycles. The first-order chi connectivity index (χ1) is 24.5. The molecule has 0 amide bonds. The zero-order chi connectivity index (χ0) is 33.8. The highest BCUT2D eigenvalue weighted by atomic mass is 16.5. The lowest BCUT2D eigenvalue weighted by Crippen LogP contribution is -2.33. The first kappa shape index (κ1) is 29.8. The van der Waals surface area contributed by atoms with Crippen LogP contribution in [-0.4, -0.2) is 0 Å². The van der Waals surface area contributed by atoms with Gasteiger partial charge >= 0.3 is 0 Å². The fourth-order valence-electron chi connectivity index (χ4n) is 7.77. The van der Waals surface area contributed by atoms with Crippen LogP contribution in [-0.2, 0) is 5.41 Å². The van der Waals surface area contributed by atoms with E-state index >= 15 is 0 Å². The fraction of sp³-hybridized carbons (Fsp3) is 0.0870. The molecular weight excluding hydrogens is 611 g/mol. The van der Waals surface area contributed by atoms with Gasteiger partial charge in [0.15, 0.2) is 11.5 Å². The highest BCUT2D eigenvalue weighted by Crippen LogP contribution is 2.62. The predicted octanol–water partition coefficient (Wildman–Crippen LogP) is 13.1. The van der Waals surface area contributed by atoms with Gasteiger partial charge in [0, 0.05) is 39.8 Å². The molecule has 0 fully saturated rings. The van der Waals surface area contributed by atoms with Crippen molar-refractivity contribution in [3.63, 3.8) is 0 Å². The smallest absolute Gasteiger partial charge is 0.153 e. The van der Waals surface area contributed by atoms with E-state index in [1.165, 1.54) is 16.8 Å². The van der Waals surface area contributed by atoms with Crippen LogP contribution < -0.4 is 19.4 Å². The van der Waals surface area contributed by atoms with Crippen molar-refractivity contribution in [2.75, 3.05) is 14.7 Å². The molecule has 2 heterocycles. The van der Waals surface area contributed by atoms with E-state index in [1.807, 2.05) is 0 Å². The minimum atomic E-state index is -0.293. The van der Waals surface area contributed by atoms with E-state index in [4.69, 9.17) is 4.74 Å². The third-order valence-electron chi connectivity index (χ3n) is 10.1. The third-order valence-corrected chi connectivity index (χ3v) is 10.1. The van der Waals surface area contributed by atoms with Crippen LogP contribution in [0.2, 0.25) is 0 Å². The Labute approximate surface area is 294 Å². The SMILES string of the molecule is Cc1c(N(c2ccccc2)c2ccccc2)ccc2c1N1c3ccccc3C(C)(C)c3cc(N(c4ccccc4)c4ccccc4)cc(c31)O2. The molecule has 0 unspecified atom stereocenters. The average Bonchev–Trinajstić information content (AvgIpc) is 3.16. The minimum absolute atomic E-state index is 0.293. The summed E-state index contributed by atoms with van der Waals surface area (Å²) in [4.78, 5) is 7.12. The van der Waals surface area contributed by atoms with E-state index in [9.17, 15) is 0 Å². The molecule has 0 saturated carbocycles. The van der Waals surface area contributed by atoms with Gasteiger partial charge in [-0.3, -0.25) is 0 Å². The summed E-state index contributed by atoms with van der Waals surface area (Å²) in [5.41, 5.74) is 13.2. The normalized spacial score (nSPS) is 13.4. The summed E-state index contributed by atoms with van der Waals surface area (Å²) in [6.07, 6.45) is 0. The number of nitrogens with zero attached hydrogens (tertiary/aromatic N) is 3. The summed E-state index contributed by atoms with van der Waals surface area (Å²) >= 11 is 0. The lowest BCUT2D eigenvalue weighted by molar-refractivity contribution is 0.471. The van der Waals surface area contributed by atoms with Crippen molar-refractivity contribution in [2.24, 2.45) is 0 Å². The standard InChI is InChI=1S/C46H37N3O/c1-32-40(48(35-22-12-6-13-23-35)36-24-14-7-15-25-36)28-29-42-44(32)49-41-27-17-16-26-38(41)46(2,3)39-30-37(31-43(50-42)45(39)49)47(33-18-8-4-9-19-33)34-20-10-5-11-21-34/h4-31H,1-3H3. The molecule has 0 spiro atoms. The monoisotopic (exact) mass is 647 g/mol. The maximum Gasteiger partial charge on any atom is 0.153 e. The van der Waals surface area contributed by atoms with Gasteiger partial charge in [-0.15, -0.1) is 0 Å². The van der Waals surface area contributed by atoms with Crippen LogP contribution in [0.3, 0.4) is 0 Å². The van der Waals surface area contributed by atoms with E-state index in [-0.39, 0.29) is 5.41 Å². The fourth-order valence-corrected chi connectivity index (χ4v) is 7.77. The molecular formula is C46H37N3O. The molecule has 0 atom stereocenters. The van der Waals surface area contributed by atoms with Gasteiger partial charge in [0.25, 0.3) is 0 Å². The zero-order valence-corrected chi connectivity index (χ0v) is 28.4. The summed E-state index contributed by atoms with van der Waals surface area (Å²) in [5.74, 6) is 1.68. The van der Waals surface area contributed by atoms with Crippen LogP contribution >= 0.6 is 0 Å². The van der Waals surface area contributed by atoms with Gasteiger partial charge in [-0.2, -0.15) is 0 Å². The summed E-state index contributed by atoms with van der Waals surface area (Å²) in [7, 11) is 0. The lowest BCUT2D eigenvalue weighted by atomic mass is 9.72. The van der Waals surface area contributed by atoms with Crippen LogP contribution in [0, 0.1) is 6.92 Å². The second-order valence-corrected chi connectivity index (χ2v) is 13.5. The van der Waals surface area contributed by atoms with Crippen LogP contribution in [0.1, 0.15) is 30.5 Å². The largest absolute Gasteiger partial charge is 0.453 e. The molecule has 7 aromatic rings. The summed E-state index contributed by atoms with van der Waals surface area (Å²) in [5, 5.41) is 0. The van der Waals surface area contributed by atoms with Crippen LogP contribution in [0.5, 0.6) is 11.5 Å². The Morgan fingerprint density at radius 3 is 1.52 bits per heavy atom. The number of benzene rings is 7. The van der Waals surface area contributed by atoms with Gasteiger partial charge in [-0.1, -0.05) is 105 Å². The van der Waals surface area contributed by atoms with Crippen LogP contribution in [0.4, 0.5) is 51.2 Å². The molecule has 0 aromatic heterocycles. The van der Waals surface area contributed by atoms with Gasteiger partial charge in [0.2, 0.25) is 0 Å². The Hall–Kier alpha value is -6.26. The van der Waals surface area contributed by atoms with Crippen molar-refractivity contribution in [3.05, 3.63) is 187 Å².